The Balaban J connectivity index is 2.09. The van der Waals surface area contributed by atoms with Gasteiger partial charge in [0.05, 0.1) is 10.2 Å². The van der Waals surface area contributed by atoms with Crippen molar-refractivity contribution in [3.05, 3.63) is 46.5 Å². The standard InChI is InChI=1S/C16H18N4OS/c1-4-11-6-7-12-14(10-11)22-16(19(12)3)18-15(21)13-8-9-17-20(13)5-2/h6-10H,4-5H2,1-3H3. The number of carbonyl (C=O) groups is 1. The number of rotatable bonds is 3. The molecule has 3 rings (SSSR count). The topological polar surface area (TPSA) is 52.2 Å². The highest BCUT2D eigenvalue weighted by Crippen LogP contribution is 2.18. The van der Waals surface area contributed by atoms with E-state index in [1.54, 1.807) is 16.9 Å². The van der Waals surface area contributed by atoms with Gasteiger partial charge in [-0.3, -0.25) is 9.48 Å². The van der Waals surface area contributed by atoms with Crippen molar-refractivity contribution in [2.75, 3.05) is 0 Å². The highest BCUT2D eigenvalue weighted by Gasteiger charge is 2.11. The van der Waals surface area contributed by atoms with Crippen molar-refractivity contribution >= 4 is 27.5 Å². The molecule has 1 amide bonds. The third-order valence-corrected chi connectivity index (χ3v) is 4.81. The van der Waals surface area contributed by atoms with Gasteiger partial charge in [-0.1, -0.05) is 24.3 Å². The molecule has 0 aliphatic heterocycles. The Labute approximate surface area is 132 Å². The van der Waals surface area contributed by atoms with Gasteiger partial charge < -0.3 is 4.57 Å². The summed E-state index contributed by atoms with van der Waals surface area (Å²) in [5.74, 6) is -0.253. The van der Waals surface area contributed by atoms with Gasteiger partial charge >= 0.3 is 0 Å². The van der Waals surface area contributed by atoms with Crippen molar-refractivity contribution < 1.29 is 4.79 Å². The molecule has 22 heavy (non-hydrogen) atoms. The second kappa shape index (κ2) is 5.88. The van der Waals surface area contributed by atoms with E-state index < -0.39 is 0 Å². The van der Waals surface area contributed by atoms with Crippen LogP contribution in [0, 0.1) is 0 Å². The molecule has 1 aromatic carbocycles. The van der Waals surface area contributed by atoms with Crippen LogP contribution < -0.4 is 4.80 Å². The lowest BCUT2D eigenvalue weighted by atomic mass is 10.2. The van der Waals surface area contributed by atoms with Gasteiger partial charge in [-0.25, -0.2) is 0 Å². The zero-order valence-electron chi connectivity index (χ0n) is 12.9. The molecule has 6 heteroatoms. The monoisotopic (exact) mass is 314 g/mol. The number of hydrogen-bond donors (Lipinski definition) is 0. The maximum absolute atomic E-state index is 12.4. The summed E-state index contributed by atoms with van der Waals surface area (Å²) in [4.78, 5) is 17.4. The molecule has 0 saturated carbocycles. The Morgan fingerprint density at radius 3 is 2.86 bits per heavy atom. The summed E-state index contributed by atoms with van der Waals surface area (Å²) in [6, 6.07) is 8.08. The fourth-order valence-corrected chi connectivity index (χ4v) is 3.50. The Kier molecular flexibility index (Phi) is 3.94. The summed E-state index contributed by atoms with van der Waals surface area (Å²) >= 11 is 1.54. The molecule has 2 heterocycles. The molecular weight excluding hydrogens is 296 g/mol. The first kappa shape index (κ1) is 14.7. The van der Waals surface area contributed by atoms with E-state index in [-0.39, 0.29) is 5.91 Å². The van der Waals surface area contributed by atoms with Crippen LogP contribution in [-0.4, -0.2) is 20.3 Å². The molecule has 0 radical (unpaired) electrons. The van der Waals surface area contributed by atoms with Crippen LogP contribution in [0.25, 0.3) is 10.2 Å². The average Bonchev–Trinajstić information content (AvgIpc) is 3.12. The van der Waals surface area contributed by atoms with Crippen LogP contribution in [0.5, 0.6) is 0 Å². The highest BCUT2D eigenvalue weighted by atomic mass is 32.1. The van der Waals surface area contributed by atoms with Crippen LogP contribution in [0.1, 0.15) is 29.9 Å². The average molecular weight is 314 g/mol. The zero-order valence-corrected chi connectivity index (χ0v) is 13.7. The summed E-state index contributed by atoms with van der Waals surface area (Å²) in [6.07, 6.45) is 2.63. The summed E-state index contributed by atoms with van der Waals surface area (Å²) in [5.41, 5.74) is 2.91. The SMILES string of the molecule is CCc1ccc2c(c1)sc(=NC(=O)c1ccnn1CC)n2C. The minimum Gasteiger partial charge on any atom is -0.319 e. The minimum absolute atomic E-state index is 0.253. The predicted molar refractivity (Wildman–Crippen MR) is 88.0 cm³/mol. The maximum Gasteiger partial charge on any atom is 0.297 e. The molecule has 0 bridgehead atoms. The maximum atomic E-state index is 12.4. The lowest BCUT2D eigenvalue weighted by Gasteiger charge is -1.99. The molecule has 0 aliphatic carbocycles. The second-order valence-electron chi connectivity index (χ2n) is 5.05. The highest BCUT2D eigenvalue weighted by molar-refractivity contribution is 7.16. The first-order chi connectivity index (χ1) is 10.6. The number of amides is 1. The molecule has 0 unspecified atom stereocenters. The molecule has 5 nitrogen and oxygen atoms in total. The molecule has 0 saturated heterocycles. The Hall–Kier alpha value is -2.21. The molecule has 0 fully saturated rings. The number of carbonyl (C=O) groups excluding carboxylic acids is 1. The lowest BCUT2D eigenvalue weighted by Crippen LogP contribution is -2.15. The second-order valence-corrected chi connectivity index (χ2v) is 6.06. The number of hydrogen-bond acceptors (Lipinski definition) is 3. The van der Waals surface area contributed by atoms with Crippen molar-refractivity contribution in [2.24, 2.45) is 12.0 Å². The fourth-order valence-electron chi connectivity index (χ4n) is 2.42. The van der Waals surface area contributed by atoms with Gasteiger partial charge in [-0.15, -0.1) is 0 Å². The molecule has 3 aromatic rings. The summed E-state index contributed by atoms with van der Waals surface area (Å²) in [6.45, 7) is 4.74. The number of benzene rings is 1. The van der Waals surface area contributed by atoms with Crippen LogP contribution in [-0.2, 0) is 20.0 Å². The minimum atomic E-state index is -0.253. The van der Waals surface area contributed by atoms with E-state index in [4.69, 9.17) is 0 Å². The van der Waals surface area contributed by atoms with E-state index in [9.17, 15) is 4.79 Å². The van der Waals surface area contributed by atoms with Crippen LogP contribution in [0.3, 0.4) is 0 Å². The van der Waals surface area contributed by atoms with E-state index in [0.29, 0.717) is 17.0 Å². The van der Waals surface area contributed by atoms with Crippen molar-refractivity contribution in [1.82, 2.24) is 14.3 Å². The third kappa shape index (κ3) is 2.50. The summed E-state index contributed by atoms with van der Waals surface area (Å²) in [5, 5.41) is 4.12. The van der Waals surface area contributed by atoms with Gasteiger partial charge in [0.2, 0.25) is 0 Å². The number of aryl methyl sites for hydroxylation is 3. The first-order valence-electron chi connectivity index (χ1n) is 7.33. The molecule has 0 atom stereocenters. The van der Waals surface area contributed by atoms with Gasteiger partial charge in [0.1, 0.15) is 5.69 Å². The Morgan fingerprint density at radius 2 is 2.14 bits per heavy atom. The van der Waals surface area contributed by atoms with Gasteiger partial charge in [0, 0.05) is 19.8 Å². The van der Waals surface area contributed by atoms with Crippen molar-refractivity contribution in [3.63, 3.8) is 0 Å². The van der Waals surface area contributed by atoms with Crippen LogP contribution in [0.4, 0.5) is 0 Å². The summed E-state index contributed by atoms with van der Waals surface area (Å²) in [7, 11) is 1.94. The number of fused-ring (bicyclic) bond motifs is 1. The molecule has 0 N–H and O–H groups in total. The predicted octanol–water partition coefficient (Wildman–Crippen LogP) is 2.76. The number of thiazole rings is 1. The lowest BCUT2D eigenvalue weighted by molar-refractivity contribution is 0.0988. The third-order valence-electron chi connectivity index (χ3n) is 3.71. The van der Waals surface area contributed by atoms with Gasteiger partial charge in [0.15, 0.2) is 4.80 Å². The molecule has 0 spiro atoms. The zero-order chi connectivity index (χ0) is 15.7. The van der Waals surface area contributed by atoms with Crippen molar-refractivity contribution in [1.29, 1.82) is 0 Å². The Bertz CT molecular complexity index is 900. The van der Waals surface area contributed by atoms with E-state index in [1.807, 2.05) is 18.5 Å². The van der Waals surface area contributed by atoms with Crippen LogP contribution in [0.2, 0.25) is 0 Å². The largest absolute Gasteiger partial charge is 0.319 e. The molecule has 0 aliphatic rings. The first-order valence-corrected chi connectivity index (χ1v) is 8.15. The van der Waals surface area contributed by atoms with Crippen LogP contribution >= 0.6 is 11.3 Å². The summed E-state index contributed by atoms with van der Waals surface area (Å²) < 4.78 is 4.77. The smallest absolute Gasteiger partial charge is 0.297 e. The van der Waals surface area contributed by atoms with Crippen molar-refractivity contribution in [2.45, 2.75) is 26.8 Å². The molecule has 2 aromatic heterocycles. The molecular formula is C16H18N4OS. The van der Waals surface area contributed by atoms with Crippen molar-refractivity contribution in [3.8, 4) is 0 Å². The van der Waals surface area contributed by atoms with Gasteiger partial charge in [-0.05, 0) is 37.1 Å². The van der Waals surface area contributed by atoms with Crippen LogP contribution in [0.15, 0.2) is 35.5 Å². The fraction of sp³-hybridized carbons (Fsp3) is 0.312. The normalized spacial score (nSPS) is 12.2. The molecule has 114 valence electrons. The van der Waals surface area contributed by atoms with Gasteiger partial charge in [0.25, 0.3) is 5.91 Å². The quantitative estimate of drug-likeness (QED) is 0.746. The Morgan fingerprint density at radius 1 is 1.32 bits per heavy atom. The van der Waals surface area contributed by atoms with E-state index in [1.165, 1.54) is 16.9 Å². The van der Waals surface area contributed by atoms with E-state index >= 15 is 0 Å². The number of nitrogens with zero attached hydrogens (tertiary/aromatic N) is 4. The van der Waals surface area contributed by atoms with Gasteiger partial charge in [-0.2, -0.15) is 10.1 Å². The number of aromatic nitrogens is 3. The van der Waals surface area contributed by atoms with E-state index in [2.05, 4.69) is 35.2 Å². The van der Waals surface area contributed by atoms with E-state index in [0.717, 1.165) is 16.6 Å².